The second-order valence-corrected chi connectivity index (χ2v) is 15.0. The van der Waals surface area contributed by atoms with Crippen molar-refractivity contribution in [1.29, 1.82) is 0 Å². The predicted octanol–water partition coefficient (Wildman–Crippen LogP) is 15.1. The molecule has 0 bridgehead atoms. The molecule has 2 aromatic heterocycles. The normalized spacial score (nSPS) is 11.3. The van der Waals surface area contributed by atoms with E-state index >= 15 is 0 Å². The molecule has 10 aromatic rings. The number of benzene rings is 8. The molecular formula is C53H35NS. The van der Waals surface area contributed by atoms with Crippen LogP contribution in [0.3, 0.4) is 0 Å². The van der Waals surface area contributed by atoms with Gasteiger partial charge in [-0.1, -0.05) is 158 Å². The quantitative estimate of drug-likeness (QED) is 0.160. The number of hydrogen-bond acceptors (Lipinski definition) is 2. The highest BCUT2D eigenvalue weighted by Gasteiger charge is 2.17. The molecule has 1 nitrogen and oxygen atoms in total. The maximum atomic E-state index is 5.56. The molecule has 0 unspecified atom stereocenters. The van der Waals surface area contributed by atoms with Crippen LogP contribution in [-0.2, 0) is 0 Å². The molecule has 0 saturated heterocycles. The zero-order valence-electron chi connectivity index (χ0n) is 30.1. The SMILES string of the molecule is c1ccc(-c2cc(-c3ccccc3)cc(-c3cc(-c4cccc5c4sc4ccccc45)cc(-c4cc(-c5ccccc5)cc(-c5ccccc5)c4)n3)c2)cc1. The summed E-state index contributed by atoms with van der Waals surface area (Å²) in [5.41, 5.74) is 15.7. The predicted molar refractivity (Wildman–Crippen MR) is 235 cm³/mol. The van der Waals surface area contributed by atoms with Crippen molar-refractivity contribution in [1.82, 2.24) is 4.98 Å². The van der Waals surface area contributed by atoms with Gasteiger partial charge in [0.05, 0.1) is 11.4 Å². The second kappa shape index (κ2) is 14.2. The number of fused-ring (bicyclic) bond motifs is 3. The molecule has 0 atom stereocenters. The van der Waals surface area contributed by atoms with Crippen molar-refractivity contribution in [2.75, 3.05) is 0 Å². The fraction of sp³-hybridized carbons (Fsp3) is 0. The van der Waals surface area contributed by atoms with Crippen LogP contribution in [-0.4, -0.2) is 4.98 Å². The first-order valence-electron chi connectivity index (χ1n) is 18.7. The standard InChI is InChI=1S/C53H35NS/c1-5-16-36(17-6-1)40-28-41(37-18-7-2-8-19-37)31-45(30-40)50-34-44(47-25-15-26-49-48-24-13-14-27-52(48)55-53(47)49)35-51(54-50)46-32-42(38-20-9-3-10-21-38)29-43(33-46)39-22-11-4-12-23-39/h1-35H. The topological polar surface area (TPSA) is 12.9 Å². The number of hydrogen-bond donors (Lipinski definition) is 0. The van der Waals surface area contributed by atoms with Crippen LogP contribution < -0.4 is 0 Å². The molecule has 55 heavy (non-hydrogen) atoms. The first-order chi connectivity index (χ1) is 27.2. The molecule has 8 aromatic carbocycles. The van der Waals surface area contributed by atoms with E-state index in [1.807, 2.05) is 11.3 Å². The highest BCUT2D eigenvalue weighted by molar-refractivity contribution is 7.26. The Morgan fingerprint density at radius 1 is 0.273 bits per heavy atom. The van der Waals surface area contributed by atoms with Gasteiger partial charge in [-0.25, -0.2) is 4.98 Å². The molecule has 2 heterocycles. The van der Waals surface area contributed by atoms with Gasteiger partial charge in [-0.15, -0.1) is 11.3 Å². The van der Waals surface area contributed by atoms with E-state index in [2.05, 4.69) is 212 Å². The third-order valence-corrected chi connectivity index (χ3v) is 11.6. The Morgan fingerprint density at radius 2 is 0.655 bits per heavy atom. The van der Waals surface area contributed by atoms with Crippen molar-refractivity contribution in [3.63, 3.8) is 0 Å². The molecule has 2 heteroatoms. The van der Waals surface area contributed by atoms with Crippen LogP contribution in [0.4, 0.5) is 0 Å². The van der Waals surface area contributed by atoms with Crippen LogP contribution in [0.2, 0.25) is 0 Å². The van der Waals surface area contributed by atoms with Crippen LogP contribution in [0, 0.1) is 0 Å². The third-order valence-electron chi connectivity index (χ3n) is 10.4. The van der Waals surface area contributed by atoms with Gasteiger partial charge in [-0.05, 0) is 110 Å². The van der Waals surface area contributed by atoms with Crippen LogP contribution in [0.25, 0.3) is 98.3 Å². The Kier molecular flexibility index (Phi) is 8.44. The number of aromatic nitrogens is 1. The number of nitrogens with zero attached hydrogens (tertiary/aromatic N) is 1. The summed E-state index contributed by atoms with van der Waals surface area (Å²) in [6.07, 6.45) is 0. The van der Waals surface area contributed by atoms with E-state index in [0.717, 1.165) is 50.3 Å². The molecule has 10 rings (SSSR count). The summed E-state index contributed by atoms with van der Waals surface area (Å²) in [6.45, 7) is 0. The maximum Gasteiger partial charge on any atom is 0.0716 e. The summed E-state index contributed by atoms with van der Waals surface area (Å²) in [7, 11) is 0. The van der Waals surface area contributed by atoms with Gasteiger partial charge in [0.15, 0.2) is 0 Å². The van der Waals surface area contributed by atoms with Crippen LogP contribution in [0.15, 0.2) is 212 Å². The summed E-state index contributed by atoms with van der Waals surface area (Å²) in [6, 6.07) is 76.5. The van der Waals surface area contributed by atoms with E-state index in [4.69, 9.17) is 4.98 Å². The maximum absolute atomic E-state index is 5.56. The van der Waals surface area contributed by atoms with Crippen molar-refractivity contribution < 1.29 is 0 Å². The van der Waals surface area contributed by atoms with Crippen molar-refractivity contribution in [2.24, 2.45) is 0 Å². The second-order valence-electron chi connectivity index (χ2n) is 14.0. The fourth-order valence-electron chi connectivity index (χ4n) is 7.70. The Balaban J connectivity index is 1.25. The lowest BCUT2D eigenvalue weighted by molar-refractivity contribution is 1.32. The number of rotatable bonds is 7. The molecule has 0 saturated carbocycles. The van der Waals surface area contributed by atoms with Gasteiger partial charge in [0.2, 0.25) is 0 Å². The molecule has 0 fully saturated rings. The molecule has 0 aliphatic rings. The molecule has 0 aliphatic carbocycles. The monoisotopic (exact) mass is 717 g/mol. The van der Waals surface area contributed by atoms with Crippen LogP contribution >= 0.6 is 11.3 Å². The smallest absolute Gasteiger partial charge is 0.0716 e. The zero-order chi connectivity index (χ0) is 36.6. The minimum Gasteiger partial charge on any atom is -0.248 e. The van der Waals surface area contributed by atoms with Gasteiger partial charge in [-0.2, -0.15) is 0 Å². The molecule has 0 N–H and O–H groups in total. The fourth-order valence-corrected chi connectivity index (χ4v) is 8.93. The molecule has 0 radical (unpaired) electrons. The third kappa shape index (κ3) is 6.44. The first-order valence-corrected chi connectivity index (χ1v) is 19.5. The lowest BCUT2D eigenvalue weighted by Crippen LogP contribution is -1.94. The summed E-state index contributed by atoms with van der Waals surface area (Å²) in [5, 5.41) is 2.58. The molecule has 0 aliphatic heterocycles. The van der Waals surface area contributed by atoms with Gasteiger partial charge in [0.25, 0.3) is 0 Å². The number of pyridine rings is 1. The molecule has 0 amide bonds. The lowest BCUT2D eigenvalue weighted by Gasteiger charge is -2.15. The summed E-state index contributed by atoms with van der Waals surface area (Å²) in [5.74, 6) is 0. The highest BCUT2D eigenvalue weighted by atomic mass is 32.1. The largest absolute Gasteiger partial charge is 0.248 e. The van der Waals surface area contributed by atoms with Gasteiger partial charge in [0, 0.05) is 31.3 Å². The number of thiophene rings is 1. The Labute approximate surface area is 325 Å². The zero-order valence-corrected chi connectivity index (χ0v) is 30.9. The van der Waals surface area contributed by atoms with Crippen molar-refractivity contribution in [3.05, 3.63) is 212 Å². The average molecular weight is 718 g/mol. The molecular weight excluding hydrogens is 683 g/mol. The average Bonchev–Trinajstić information content (AvgIpc) is 3.66. The Bertz CT molecular complexity index is 2690. The van der Waals surface area contributed by atoms with E-state index in [-0.39, 0.29) is 0 Å². The van der Waals surface area contributed by atoms with E-state index < -0.39 is 0 Å². The first kappa shape index (κ1) is 32.8. The minimum atomic E-state index is 0.937. The van der Waals surface area contributed by atoms with Crippen molar-refractivity contribution >= 4 is 31.5 Å². The van der Waals surface area contributed by atoms with Crippen LogP contribution in [0.5, 0.6) is 0 Å². The van der Waals surface area contributed by atoms with Gasteiger partial charge in [0.1, 0.15) is 0 Å². The van der Waals surface area contributed by atoms with Crippen molar-refractivity contribution in [3.8, 4) is 78.1 Å². The van der Waals surface area contributed by atoms with Crippen LogP contribution in [0.1, 0.15) is 0 Å². The Morgan fingerprint density at radius 3 is 1.11 bits per heavy atom. The highest BCUT2D eigenvalue weighted by Crippen LogP contribution is 2.43. The van der Waals surface area contributed by atoms with Gasteiger partial charge in [-0.3, -0.25) is 0 Å². The lowest BCUT2D eigenvalue weighted by atomic mass is 9.92. The van der Waals surface area contributed by atoms with E-state index in [0.29, 0.717) is 0 Å². The summed E-state index contributed by atoms with van der Waals surface area (Å²) < 4.78 is 2.59. The van der Waals surface area contributed by atoms with Crippen molar-refractivity contribution in [2.45, 2.75) is 0 Å². The van der Waals surface area contributed by atoms with E-state index in [1.165, 1.54) is 48.0 Å². The van der Waals surface area contributed by atoms with E-state index in [1.54, 1.807) is 0 Å². The molecule has 258 valence electrons. The van der Waals surface area contributed by atoms with Gasteiger partial charge < -0.3 is 0 Å². The minimum absolute atomic E-state index is 0.937. The summed E-state index contributed by atoms with van der Waals surface area (Å²) in [4.78, 5) is 5.56. The molecule has 0 spiro atoms. The Hall–Kier alpha value is -6.87. The van der Waals surface area contributed by atoms with E-state index in [9.17, 15) is 0 Å². The van der Waals surface area contributed by atoms with Gasteiger partial charge >= 0.3 is 0 Å². The summed E-state index contributed by atoms with van der Waals surface area (Å²) >= 11 is 1.86.